The molecule has 0 bridgehead atoms. The Labute approximate surface area is 149 Å². The maximum atomic E-state index is 12.9. The van der Waals surface area contributed by atoms with Crippen LogP contribution >= 0.6 is 0 Å². The van der Waals surface area contributed by atoms with Gasteiger partial charge in [-0.3, -0.25) is 4.79 Å². The van der Waals surface area contributed by atoms with E-state index >= 15 is 0 Å². The largest absolute Gasteiger partial charge is 0.416 e. The summed E-state index contributed by atoms with van der Waals surface area (Å²) in [6.45, 7) is 0. The second-order valence-corrected chi connectivity index (χ2v) is 5.92. The van der Waals surface area contributed by atoms with Crippen LogP contribution in [0.3, 0.4) is 0 Å². The van der Waals surface area contributed by atoms with E-state index < -0.39 is 35.1 Å². The zero-order valence-electron chi connectivity index (χ0n) is 13.5. The molecule has 0 radical (unpaired) electrons. The summed E-state index contributed by atoms with van der Waals surface area (Å²) >= 11 is 0. The van der Waals surface area contributed by atoms with Gasteiger partial charge >= 0.3 is 12.4 Å². The van der Waals surface area contributed by atoms with E-state index in [1.165, 1.54) is 0 Å². The van der Waals surface area contributed by atoms with Crippen molar-refractivity contribution in [2.75, 3.05) is 5.32 Å². The number of carbonyl (C=O) groups is 1. The van der Waals surface area contributed by atoms with Crippen LogP contribution in [0.25, 0.3) is 10.9 Å². The highest BCUT2D eigenvalue weighted by atomic mass is 19.4. The lowest BCUT2D eigenvalue weighted by atomic mass is 10.1. The number of carbonyl (C=O) groups excluding carboxylic acids is 1. The molecule has 9 heteroatoms. The molecular formula is C18H12F6N2O. The van der Waals surface area contributed by atoms with Gasteiger partial charge < -0.3 is 10.3 Å². The topological polar surface area (TPSA) is 44.9 Å². The van der Waals surface area contributed by atoms with Gasteiger partial charge in [-0.2, -0.15) is 26.3 Å². The molecule has 0 atom stereocenters. The van der Waals surface area contributed by atoms with Crippen LogP contribution in [0.4, 0.5) is 32.0 Å². The number of nitrogens with one attached hydrogen (secondary N) is 2. The summed E-state index contributed by atoms with van der Waals surface area (Å²) in [5, 5.41) is 3.02. The van der Waals surface area contributed by atoms with Gasteiger partial charge in [0, 0.05) is 17.4 Å². The van der Waals surface area contributed by atoms with Gasteiger partial charge in [0.2, 0.25) is 5.91 Å². The third-order valence-corrected chi connectivity index (χ3v) is 3.86. The number of benzene rings is 2. The van der Waals surface area contributed by atoms with E-state index in [9.17, 15) is 31.1 Å². The van der Waals surface area contributed by atoms with Crippen molar-refractivity contribution in [3.05, 3.63) is 65.4 Å². The molecule has 2 N–H and O–H groups in total. The molecule has 142 valence electrons. The van der Waals surface area contributed by atoms with Gasteiger partial charge in [-0.15, -0.1) is 0 Å². The van der Waals surface area contributed by atoms with E-state index in [0.29, 0.717) is 17.7 Å². The first-order valence-corrected chi connectivity index (χ1v) is 7.68. The average molecular weight is 386 g/mol. The molecule has 1 aromatic heterocycles. The summed E-state index contributed by atoms with van der Waals surface area (Å²) in [7, 11) is 0. The summed E-state index contributed by atoms with van der Waals surface area (Å²) < 4.78 is 77.1. The standard InChI is InChI=1S/C18H12F6N2O/c19-17(20,21)12-7-13(18(22,23)24)9-14(8-12)26-16(27)6-10-1-2-11-3-4-25-15(11)5-10/h1-5,7-9,25H,6H2,(H,26,27). The minimum Gasteiger partial charge on any atom is -0.361 e. The number of amides is 1. The molecule has 0 saturated carbocycles. The molecule has 0 aliphatic heterocycles. The predicted octanol–water partition coefficient (Wildman–Crippen LogP) is 5.39. The van der Waals surface area contributed by atoms with Crippen LogP contribution in [0.5, 0.6) is 0 Å². The number of hydrogen-bond acceptors (Lipinski definition) is 1. The van der Waals surface area contributed by atoms with Crippen molar-refractivity contribution in [3.63, 3.8) is 0 Å². The van der Waals surface area contributed by atoms with Gasteiger partial charge in [-0.1, -0.05) is 12.1 Å². The lowest BCUT2D eigenvalue weighted by Crippen LogP contribution is -2.17. The molecule has 0 aliphatic rings. The molecule has 1 amide bonds. The van der Waals surface area contributed by atoms with Crippen molar-refractivity contribution in [3.8, 4) is 0 Å². The van der Waals surface area contributed by atoms with E-state index in [1.807, 2.05) is 6.07 Å². The number of alkyl halides is 6. The molecule has 27 heavy (non-hydrogen) atoms. The van der Waals surface area contributed by atoms with Crippen LogP contribution in [0.2, 0.25) is 0 Å². The Bertz CT molecular complexity index is 955. The third-order valence-electron chi connectivity index (χ3n) is 3.86. The number of aromatic nitrogens is 1. The van der Waals surface area contributed by atoms with Crippen LogP contribution in [-0.4, -0.2) is 10.9 Å². The highest BCUT2D eigenvalue weighted by Gasteiger charge is 2.37. The van der Waals surface area contributed by atoms with Crippen molar-refractivity contribution in [1.82, 2.24) is 4.98 Å². The minimum absolute atomic E-state index is 0.00875. The van der Waals surface area contributed by atoms with Crippen molar-refractivity contribution in [2.24, 2.45) is 0 Å². The number of rotatable bonds is 3. The molecule has 0 unspecified atom stereocenters. The fourth-order valence-corrected chi connectivity index (χ4v) is 2.62. The van der Waals surface area contributed by atoms with Crippen molar-refractivity contribution in [1.29, 1.82) is 0 Å². The van der Waals surface area contributed by atoms with Crippen LogP contribution in [-0.2, 0) is 23.6 Å². The summed E-state index contributed by atoms with van der Waals surface area (Å²) in [6, 6.07) is 7.86. The second kappa shape index (κ2) is 6.64. The van der Waals surface area contributed by atoms with E-state index in [0.717, 1.165) is 10.9 Å². The molecule has 0 spiro atoms. The van der Waals surface area contributed by atoms with Crippen LogP contribution in [0.1, 0.15) is 16.7 Å². The fourth-order valence-electron chi connectivity index (χ4n) is 2.62. The Balaban J connectivity index is 1.83. The minimum atomic E-state index is -4.97. The quantitative estimate of drug-likeness (QED) is 0.583. The molecular weight excluding hydrogens is 374 g/mol. The number of H-pyrrole nitrogens is 1. The van der Waals surface area contributed by atoms with Crippen molar-refractivity contribution >= 4 is 22.5 Å². The first-order chi connectivity index (χ1) is 12.5. The molecule has 2 aromatic carbocycles. The second-order valence-electron chi connectivity index (χ2n) is 5.92. The monoisotopic (exact) mass is 386 g/mol. The third kappa shape index (κ3) is 4.42. The number of fused-ring (bicyclic) bond motifs is 1. The van der Waals surface area contributed by atoms with Gasteiger partial charge in [0.1, 0.15) is 0 Å². The smallest absolute Gasteiger partial charge is 0.361 e. The highest BCUT2D eigenvalue weighted by Crippen LogP contribution is 2.37. The highest BCUT2D eigenvalue weighted by molar-refractivity contribution is 5.93. The van der Waals surface area contributed by atoms with Crippen LogP contribution < -0.4 is 5.32 Å². The first-order valence-electron chi connectivity index (χ1n) is 7.68. The van der Waals surface area contributed by atoms with Crippen molar-refractivity contribution in [2.45, 2.75) is 18.8 Å². The fraction of sp³-hybridized carbons (Fsp3) is 0.167. The number of anilines is 1. The lowest BCUT2D eigenvalue weighted by molar-refractivity contribution is -0.143. The Kier molecular flexibility index (Phi) is 4.63. The summed E-state index contributed by atoms with van der Waals surface area (Å²) in [5.41, 5.74) is -2.21. The normalized spacial score (nSPS) is 12.4. The Morgan fingerprint density at radius 1 is 0.889 bits per heavy atom. The van der Waals surface area contributed by atoms with Crippen molar-refractivity contribution < 1.29 is 31.1 Å². The summed E-state index contributed by atoms with van der Waals surface area (Å²) in [4.78, 5) is 15.0. The van der Waals surface area contributed by atoms with Gasteiger partial charge in [0.25, 0.3) is 0 Å². The SMILES string of the molecule is O=C(Cc1ccc2cc[nH]c2c1)Nc1cc(C(F)(F)F)cc(C(F)(F)F)c1. The Morgan fingerprint density at radius 3 is 2.11 bits per heavy atom. The van der Waals surface area contributed by atoms with Crippen LogP contribution in [0, 0.1) is 0 Å². The molecule has 0 aliphatic carbocycles. The van der Waals surface area contributed by atoms with Gasteiger partial charge in [-0.05, 0) is 41.3 Å². The van der Waals surface area contributed by atoms with E-state index in [-0.39, 0.29) is 12.5 Å². The van der Waals surface area contributed by atoms with E-state index in [4.69, 9.17) is 0 Å². The van der Waals surface area contributed by atoms with Gasteiger partial charge in [0.15, 0.2) is 0 Å². The number of hydrogen-bond donors (Lipinski definition) is 2. The average Bonchev–Trinajstić information content (AvgIpc) is 3.00. The molecule has 3 rings (SSSR count). The van der Waals surface area contributed by atoms with E-state index in [1.54, 1.807) is 24.4 Å². The van der Waals surface area contributed by atoms with Gasteiger partial charge in [-0.25, -0.2) is 0 Å². The number of halogens is 6. The molecule has 3 nitrogen and oxygen atoms in total. The van der Waals surface area contributed by atoms with Gasteiger partial charge in [0.05, 0.1) is 17.5 Å². The molecule has 3 aromatic rings. The maximum absolute atomic E-state index is 12.9. The van der Waals surface area contributed by atoms with E-state index in [2.05, 4.69) is 10.3 Å². The Morgan fingerprint density at radius 2 is 1.52 bits per heavy atom. The zero-order valence-corrected chi connectivity index (χ0v) is 13.5. The Hall–Kier alpha value is -2.97. The molecule has 0 fully saturated rings. The first kappa shape index (κ1) is 18.8. The van der Waals surface area contributed by atoms with Crippen LogP contribution in [0.15, 0.2) is 48.7 Å². The number of aromatic amines is 1. The summed E-state index contributed by atoms with van der Waals surface area (Å²) in [5.74, 6) is -0.728. The maximum Gasteiger partial charge on any atom is 0.416 e. The summed E-state index contributed by atoms with van der Waals surface area (Å²) in [6.07, 6.45) is -8.44. The molecule has 0 saturated heterocycles. The zero-order chi connectivity index (χ0) is 19.8. The predicted molar refractivity (Wildman–Crippen MR) is 87.1 cm³/mol. The lowest BCUT2D eigenvalue weighted by Gasteiger charge is -2.14. The molecule has 1 heterocycles.